The van der Waals surface area contributed by atoms with Crippen molar-refractivity contribution in [3.63, 3.8) is 0 Å². The Labute approximate surface area is 150 Å². The predicted octanol–water partition coefficient (Wildman–Crippen LogP) is 1.85. The first-order valence-electron chi connectivity index (χ1n) is 9.41. The van der Waals surface area contributed by atoms with Crippen molar-refractivity contribution in [2.45, 2.75) is 38.6 Å². The van der Waals surface area contributed by atoms with Crippen LogP contribution in [0, 0.1) is 5.92 Å². The molecule has 25 heavy (non-hydrogen) atoms. The van der Waals surface area contributed by atoms with Gasteiger partial charge in [0, 0.05) is 38.6 Å². The van der Waals surface area contributed by atoms with Gasteiger partial charge in [0.1, 0.15) is 0 Å². The lowest BCUT2D eigenvalue weighted by Gasteiger charge is -2.37. The van der Waals surface area contributed by atoms with Crippen LogP contribution in [0.5, 0.6) is 0 Å². The first-order chi connectivity index (χ1) is 12.1. The van der Waals surface area contributed by atoms with E-state index < -0.39 is 0 Å². The summed E-state index contributed by atoms with van der Waals surface area (Å²) >= 11 is 0. The van der Waals surface area contributed by atoms with Crippen molar-refractivity contribution >= 4 is 11.8 Å². The Morgan fingerprint density at radius 1 is 1.08 bits per heavy atom. The molecule has 0 spiro atoms. The van der Waals surface area contributed by atoms with Crippen LogP contribution in [0.1, 0.15) is 38.2 Å². The van der Waals surface area contributed by atoms with Gasteiger partial charge in [-0.3, -0.25) is 14.5 Å². The number of carbonyl (C=O) groups is 2. The smallest absolute Gasteiger partial charge is 0.237 e. The molecule has 1 aromatic rings. The lowest BCUT2D eigenvalue weighted by molar-refractivity contribution is -0.135. The van der Waals surface area contributed by atoms with E-state index in [1.165, 1.54) is 5.56 Å². The standard InChI is InChI=1S/C20H29N3O2/c1-15(17-6-4-3-5-7-17)14-21-19(24)16(2)22-10-12-23(13-11-22)20(25)18-8-9-18/h3-7,15-16,18H,8-14H2,1-2H3,(H,21,24)/t15-,16+/m0/s1. The molecule has 1 saturated heterocycles. The van der Waals surface area contributed by atoms with Gasteiger partial charge in [0.05, 0.1) is 6.04 Å². The third-order valence-corrected chi connectivity index (χ3v) is 5.43. The SMILES string of the molecule is C[C@H](C(=O)NC[C@H](C)c1ccccc1)N1CCN(C(=O)C2CC2)CC1. The Hall–Kier alpha value is -1.88. The maximum absolute atomic E-state index is 12.5. The van der Waals surface area contributed by atoms with Crippen LogP contribution >= 0.6 is 0 Å². The highest BCUT2D eigenvalue weighted by Gasteiger charge is 2.35. The molecule has 0 radical (unpaired) electrons. The van der Waals surface area contributed by atoms with Crippen LogP contribution in [0.2, 0.25) is 0 Å². The van der Waals surface area contributed by atoms with Crippen LogP contribution in [-0.4, -0.2) is 60.4 Å². The molecule has 1 saturated carbocycles. The normalized spacial score (nSPS) is 20.8. The molecule has 0 aromatic heterocycles. The Balaban J connectivity index is 1.42. The first kappa shape index (κ1) is 17.9. The van der Waals surface area contributed by atoms with E-state index in [2.05, 4.69) is 29.3 Å². The highest BCUT2D eigenvalue weighted by atomic mass is 16.2. The molecule has 0 bridgehead atoms. The fraction of sp³-hybridized carbons (Fsp3) is 0.600. The summed E-state index contributed by atoms with van der Waals surface area (Å²) < 4.78 is 0. The van der Waals surface area contributed by atoms with Crippen LogP contribution in [0.4, 0.5) is 0 Å². The third kappa shape index (κ3) is 4.60. The second-order valence-electron chi connectivity index (χ2n) is 7.37. The zero-order valence-corrected chi connectivity index (χ0v) is 15.3. The first-order valence-corrected chi connectivity index (χ1v) is 9.41. The summed E-state index contributed by atoms with van der Waals surface area (Å²) in [5.74, 6) is 0.968. The molecule has 2 aliphatic rings. The van der Waals surface area contributed by atoms with Crippen molar-refractivity contribution in [1.82, 2.24) is 15.1 Å². The van der Waals surface area contributed by atoms with Crippen molar-refractivity contribution in [3.8, 4) is 0 Å². The number of rotatable bonds is 6. The molecule has 1 aromatic carbocycles. The van der Waals surface area contributed by atoms with Crippen molar-refractivity contribution in [2.24, 2.45) is 5.92 Å². The molecule has 1 heterocycles. The summed E-state index contributed by atoms with van der Waals surface area (Å²) in [6, 6.07) is 10.1. The van der Waals surface area contributed by atoms with Gasteiger partial charge in [-0.1, -0.05) is 37.3 Å². The van der Waals surface area contributed by atoms with Gasteiger partial charge >= 0.3 is 0 Å². The molecular weight excluding hydrogens is 314 g/mol. The number of hydrogen-bond donors (Lipinski definition) is 1. The minimum atomic E-state index is -0.152. The topological polar surface area (TPSA) is 52.7 Å². The largest absolute Gasteiger partial charge is 0.354 e. The quantitative estimate of drug-likeness (QED) is 0.858. The average molecular weight is 343 g/mol. The van der Waals surface area contributed by atoms with Crippen molar-refractivity contribution < 1.29 is 9.59 Å². The molecular formula is C20H29N3O2. The van der Waals surface area contributed by atoms with Crippen molar-refractivity contribution in [1.29, 1.82) is 0 Å². The Kier molecular flexibility index (Phi) is 5.74. The molecule has 1 N–H and O–H groups in total. The van der Waals surface area contributed by atoms with Gasteiger partial charge in [0.2, 0.25) is 11.8 Å². The fourth-order valence-corrected chi connectivity index (χ4v) is 3.38. The molecule has 136 valence electrons. The Morgan fingerprint density at radius 2 is 1.72 bits per heavy atom. The van der Waals surface area contributed by atoms with E-state index >= 15 is 0 Å². The van der Waals surface area contributed by atoms with Crippen molar-refractivity contribution in [2.75, 3.05) is 32.7 Å². The average Bonchev–Trinajstić information content (AvgIpc) is 3.50. The molecule has 3 rings (SSSR count). The molecule has 5 heteroatoms. The Bertz CT molecular complexity index is 592. The van der Waals surface area contributed by atoms with E-state index in [1.807, 2.05) is 30.0 Å². The van der Waals surface area contributed by atoms with Gasteiger partial charge in [0.15, 0.2) is 0 Å². The number of nitrogens with zero attached hydrogens (tertiary/aromatic N) is 2. The summed E-state index contributed by atoms with van der Waals surface area (Å²) in [5, 5.41) is 3.08. The van der Waals surface area contributed by atoms with Crippen LogP contribution in [-0.2, 0) is 9.59 Å². The minimum absolute atomic E-state index is 0.0738. The summed E-state index contributed by atoms with van der Waals surface area (Å²) in [4.78, 5) is 28.7. The van der Waals surface area contributed by atoms with Crippen LogP contribution in [0.25, 0.3) is 0 Å². The second-order valence-corrected chi connectivity index (χ2v) is 7.37. The number of benzene rings is 1. The highest BCUT2D eigenvalue weighted by molar-refractivity contribution is 5.82. The number of piperazine rings is 1. The van der Waals surface area contributed by atoms with Gasteiger partial charge in [-0.25, -0.2) is 0 Å². The lowest BCUT2D eigenvalue weighted by atomic mass is 10.0. The third-order valence-electron chi connectivity index (χ3n) is 5.43. The van der Waals surface area contributed by atoms with Gasteiger partial charge in [-0.2, -0.15) is 0 Å². The number of hydrogen-bond acceptors (Lipinski definition) is 3. The summed E-state index contributed by atoms with van der Waals surface area (Å²) in [6.07, 6.45) is 2.11. The van der Waals surface area contributed by atoms with E-state index in [9.17, 15) is 9.59 Å². The molecule has 2 amide bonds. The van der Waals surface area contributed by atoms with Gasteiger partial charge in [-0.15, -0.1) is 0 Å². The summed E-state index contributed by atoms with van der Waals surface area (Å²) in [5.41, 5.74) is 1.24. The van der Waals surface area contributed by atoms with E-state index in [1.54, 1.807) is 0 Å². The van der Waals surface area contributed by atoms with E-state index in [-0.39, 0.29) is 17.9 Å². The number of amides is 2. The summed E-state index contributed by atoms with van der Waals surface area (Å²) in [6.45, 7) is 7.78. The molecule has 1 aliphatic carbocycles. The number of nitrogens with one attached hydrogen (secondary N) is 1. The van der Waals surface area contributed by atoms with Crippen LogP contribution < -0.4 is 5.32 Å². The zero-order valence-electron chi connectivity index (χ0n) is 15.3. The molecule has 2 atom stereocenters. The second kappa shape index (κ2) is 8.00. The monoisotopic (exact) mass is 343 g/mol. The fourth-order valence-electron chi connectivity index (χ4n) is 3.38. The van der Waals surface area contributed by atoms with Crippen molar-refractivity contribution in [3.05, 3.63) is 35.9 Å². The minimum Gasteiger partial charge on any atom is -0.354 e. The lowest BCUT2D eigenvalue weighted by Crippen LogP contribution is -2.55. The van der Waals surface area contributed by atoms with E-state index in [0.717, 1.165) is 39.0 Å². The maximum atomic E-state index is 12.5. The molecule has 5 nitrogen and oxygen atoms in total. The van der Waals surface area contributed by atoms with E-state index in [0.29, 0.717) is 18.4 Å². The van der Waals surface area contributed by atoms with Crippen LogP contribution in [0.3, 0.4) is 0 Å². The predicted molar refractivity (Wildman–Crippen MR) is 98.2 cm³/mol. The maximum Gasteiger partial charge on any atom is 0.237 e. The Morgan fingerprint density at radius 3 is 2.32 bits per heavy atom. The van der Waals surface area contributed by atoms with Gasteiger partial charge < -0.3 is 10.2 Å². The van der Waals surface area contributed by atoms with Gasteiger partial charge in [0.25, 0.3) is 0 Å². The number of carbonyl (C=O) groups excluding carboxylic acids is 2. The molecule has 2 fully saturated rings. The molecule has 1 aliphatic heterocycles. The zero-order chi connectivity index (χ0) is 17.8. The van der Waals surface area contributed by atoms with Crippen LogP contribution in [0.15, 0.2) is 30.3 Å². The van der Waals surface area contributed by atoms with E-state index in [4.69, 9.17) is 0 Å². The highest BCUT2D eigenvalue weighted by Crippen LogP contribution is 2.31. The summed E-state index contributed by atoms with van der Waals surface area (Å²) in [7, 11) is 0. The molecule has 0 unspecified atom stereocenters. The van der Waals surface area contributed by atoms with Gasteiger partial charge in [-0.05, 0) is 31.2 Å².